The number of carbonyl (C=O) groups is 2. The molecule has 0 aromatic heterocycles. The zero-order valence-electron chi connectivity index (χ0n) is 10.1. The standard InChI is InChI=1S/C13H17NO3/c1-9(15)3-4-11-5-7-12(8-6-11)17-10(2)13(14)16/h5-8,10H,3-4H2,1-2H3,(H2,14,16)/t10-/m0/s1. The average molecular weight is 235 g/mol. The molecule has 0 unspecified atom stereocenters. The molecule has 0 fully saturated rings. The van der Waals surface area contributed by atoms with Crippen LogP contribution in [0, 0.1) is 0 Å². The lowest BCUT2D eigenvalue weighted by Crippen LogP contribution is -2.30. The quantitative estimate of drug-likeness (QED) is 0.811. The minimum absolute atomic E-state index is 0.174. The van der Waals surface area contributed by atoms with E-state index in [1.807, 2.05) is 12.1 Å². The lowest BCUT2D eigenvalue weighted by molar-refractivity contribution is -0.124. The molecule has 4 heteroatoms. The Balaban J connectivity index is 2.55. The number of ketones is 1. The topological polar surface area (TPSA) is 69.4 Å². The SMILES string of the molecule is CC(=O)CCc1ccc(O[C@@H](C)C(N)=O)cc1. The molecular formula is C13H17NO3. The first kappa shape index (κ1) is 13.2. The van der Waals surface area contributed by atoms with Crippen LogP contribution >= 0.6 is 0 Å². The van der Waals surface area contributed by atoms with Crippen LogP contribution in [0.25, 0.3) is 0 Å². The molecule has 0 radical (unpaired) electrons. The maximum absolute atomic E-state index is 10.8. The van der Waals surface area contributed by atoms with Crippen LogP contribution in [0.4, 0.5) is 0 Å². The summed E-state index contributed by atoms with van der Waals surface area (Å²) >= 11 is 0. The summed E-state index contributed by atoms with van der Waals surface area (Å²) in [4.78, 5) is 21.6. The smallest absolute Gasteiger partial charge is 0.258 e. The van der Waals surface area contributed by atoms with E-state index in [4.69, 9.17) is 10.5 Å². The summed E-state index contributed by atoms with van der Waals surface area (Å²) in [5, 5.41) is 0. The van der Waals surface area contributed by atoms with E-state index in [1.54, 1.807) is 26.0 Å². The fourth-order valence-corrected chi connectivity index (χ4v) is 1.32. The van der Waals surface area contributed by atoms with Crippen molar-refractivity contribution < 1.29 is 14.3 Å². The van der Waals surface area contributed by atoms with Gasteiger partial charge in [-0.2, -0.15) is 0 Å². The highest BCUT2D eigenvalue weighted by molar-refractivity contribution is 5.78. The summed E-state index contributed by atoms with van der Waals surface area (Å²) < 4.78 is 5.31. The minimum Gasteiger partial charge on any atom is -0.481 e. The Kier molecular flexibility index (Phi) is 4.69. The molecule has 0 saturated carbocycles. The summed E-state index contributed by atoms with van der Waals surface area (Å²) in [6.07, 6.45) is 0.622. The molecule has 1 aromatic carbocycles. The van der Waals surface area contributed by atoms with E-state index in [-0.39, 0.29) is 5.78 Å². The van der Waals surface area contributed by atoms with Crippen LogP contribution in [0.5, 0.6) is 5.75 Å². The van der Waals surface area contributed by atoms with Crippen molar-refractivity contribution in [2.45, 2.75) is 32.8 Å². The number of aryl methyl sites for hydroxylation is 1. The summed E-state index contributed by atoms with van der Waals surface area (Å²) in [5.74, 6) is 0.279. The number of benzene rings is 1. The molecule has 1 amide bonds. The third-order valence-corrected chi connectivity index (χ3v) is 2.40. The van der Waals surface area contributed by atoms with Crippen molar-refractivity contribution in [3.63, 3.8) is 0 Å². The van der Waals surface area contributed by atoms with Crippen LogP contribution in [0.15, 0.2) is 24.3 Å². The number of ether oxygens (including phenoxy) is 1. The molecule has 4 nitrogen and oxygen atoms in total. The molecule has 1 atom stereocenters. The Hall–Kier alpha value is -1.84. The van der Waals surface area contributed by atoms with Gasteiger partial charge >= 0.3 is 0 Å². The molecule has 0 bridgehead atoms. The summed E-state index contributed by atoms with van der Waals surface area (Å²) in [6, 6.07) is 7.31. The molecule has 1 rings (SSSR count). The Bertz CT molecular complexity index is 398. The minimum atomic E-state index is -0.641. The lowest BCUT2D eigenvalue weighted by Gasteiger charge is -2.11. The monoisotopic (exact) mass is 235 g/mol. The van der Waals surface area contributed by atoms with Crippen LogP contribution in [-0.2, 0) is 16.0 Å². The van der Waals surface area contributed by atoms with Crippen molar-refractivity contribution in [3.8, 4) is 5.75 Å². The van der Waals surface area contributed by atoms with Crippen molar-refractivity contribution in [2.75, 3.05) is 0 Å². The third-order valence-electron chi connectivity index (χ3n) is 2.40. The molecule has 17 heavy (non-hydrogen) atoms. The summed E-state index contributed by atoms with van der Waals surface area (Å²) in [5.41, 5.74) is 6.16. The average Bonchev–Trinajstić information content (AvgIpc) is 2.28. The Morgan fingerprint density at radius 2 is 1.88 bits per heavy atom. The molecular weight excluding hydrogens is 218 g/mol. The van der Waals surface area contributed by atoms with Crippen molar-refractivity contribution >= 4 is 11.7 Å². The van der Waals surface area contributed by atoms with Gasteiger partial charge in [-0.25, -0.2) is 0 Å². The van der Waals surface area contributed by atoms with E-state index >= 15 is 0 Å². The first-order valence-electron chi connectivity index (χ1n) is 5.53. The van der Waals surface area contributed by atoms with E-state index in [0.717, 1.165) is 12.0 Å². The van der Waals surface area contributed by atoms with Crippen molar-refractivity contribution in [2.24, 2.45) is 5.73 Å². The number of rotatable bonds is 6. The van der Waals surface area contributed by atoms with Crippen molar-refractivity contribution in [1.29, 1.82) is 0 Å². The lowest BCUT2D eigenvalue weighted by atomic mass is 10.1. The van der Waals surface area contributed by atoms with Gasteiger partial charge in [-0.05, 0) is 38.0 Å². The zero-order valence-corrected chi connectivity index (χ0v) is 10.1. The van der Waals surface area contributed by atoms with Gasteiger partial charge in [0, 0.05) is 6.42 Å². The van der Waals surface area contributed by atoms with Crippen LogP contribution in [-0.4, -0.2) is 17.8 Å². The van der Waals surface area contributed by atoms with E-state index < -0.39 is 12.0 Å². The first-order chi connectivity index (χ1) is 7.99. The van der Waals surface area contributed by atoms with Gasteiger partial charge in [0.15, 0.2) is 6.10 Å². The predicted octanol–water partition coefficient (Wildman–Crippen LogP) is 1.46. The van der Waals surface area contributed by atoms with E-state index in [0.29, 0.717) is 12.2 Å². The molecule has 0 aliphatic carbocycles. The summed E-state index contributed by atoms with van der Waals surface area (Å²) in [7, 11) is 0. The Morgan fingerprint density at radius 3 is 2.35 bits per heavy atom. The highest BCUT2D eigenvalue weighted by Gasteiger charge is 2.09. The highest BCUT2D eigenvalue weighted by atomic mass is 16.5. The van der Waals surface area contributed by atoms with Crippen LogP contribution in [0.2, 0.25) is 0 Å². The number of carbonyl (C=O) groups excluding carboxylic acids is 2. The third kappa shape index (κ3) is 4.68. The molecule has 92 valence electrons. The van der Waals surface area contributed by atoms with Gasteiger partial charge in [0.05, 0.1) is 0 Å². The predicted molar refractivity (Wildman–Crippen MR) is 64.7 cm³/mol. The largest absolute Gasteiger partial charge is 0.481 e. The second-order valence-electron chi connectivity index (χ2n) is 4.01. The number of Topliss-reactive ketones (excluding diaryl/α,β-unsaturated/α-hetero) is 1. The van der Waals surface area contributed by atoms with Gasteiger partial charge in [0.25, 0.3) is 5.91 Å². The number of hydrogen-bond acceptors (Lipinski definition) is 3. The molecule has 0 heterocycles. The van der Waals surface area contributed by atoms with Gasteiger partial charge in [-0.3, -0.25) is 4.79 Å². The molecule has 0 aliphatic rings. The van der Waals surface area contributed by atoms with E-state index in [1.165, 1.54) is 0 Å². The van der Waals surface area contributed by atoms with Crippen LogP contribution < -0.4 is 10.5 Å². The fourth-order valence-electron chi connectivity index (χ4n) is 1.32. The van der Waals surface area contributed by atoms with E-state index in [9.17, 15) is 9.59 Å². The van der Waals surface area contributed by atoms with Crippen molar-refractivity contribution in [3.05, 3.63) is 29.8 Å². The van der Waals surface area contributed by atoms with Crippen LogP contribution in [0.3, 0.4) is 0 Å². The van der Waals surface area contributed by atoms with Gasteiger partial charge in [-0.15, -0.1) is 0 Å². The number of primary amides is 1. The molecule has 0 spiro atoms. The van der Waals surface area contributed by atoms with Crippen molar-refractivity contribution in [1.82, 2.24) is 0 Å². The number of nitrogens with two attached hydrogens (primary N) is 1. The van der Waals surface area contributed by atoms with Gasteiger partial charge in [-0.1, -0.05) is 12.1 Å². The molecule has 0 aliphatic heterocycles. The normalized spacial score (nSPS) is 11.9. The maximum Gasteiger partial charge on any atom is 0.258 e. The number of amides is 1. The second kappa shape index (κ2) is 6.03. The second-order valence-corrected chi connectivity index (χ2v) is 4.01. The molecule has 2 N–H and O–H groups in total. The Labute approximate surface area is 101 Å². The molecule has 0 saturated heterocycles. The zero-order chi connectivity index (χ0) is 12.8. The summed E-state index contributed by atoms with van der Waals surface area (Å²) in [6.45, 7) is 3.18. The Morgan fingerprint density at radius 1 is 1.29 bits per heavy atom. The fraction of sp³-hybridized carbons (Fsp3) is 0.385. The van der Waals surface area contributed by atoms with Gasteiger partial charge in [0.2, 0.25) is 0 Å². The van der Waals surface area contributed by atoms with E-state index in [2.05, 4.69) is 0 Å². The van der Waals surface area contributed by atoms with Crippen LogP contribution in [0.1, 0.15) is 25.8 Å². The van der Waals surface area contributed by atoms with Gasteiger partial charge in [0.1, 0.15) is 11.5 Å². The first-order valence-corrected chi connectivity index (χ1v) is 5.53. The highest BCUT2D eigenvalue weighted by Crippen LogP contribution is 2.14. The van der Waals surface area contributed by atoms with Gasteiger partial charge < -0.3 is 15.3 Å². The number of hydrogen-bond donors (Lipinski definition) is 1. The molecule has 1 aromatic rings. The maximum atomic E-state index is 10.8.